The molecule has 186 valence electrons. The number of hydrogen-bond acceptors (Lipinski definition) is 6. The third kappa shape index (κ3) is 4.58. The number of benzene rings is 2. The van der Waals surface area contributed by atoms with Gasteiger partial charge in [0.1, 0.15) is 11.1 Å². The lowest BCUT2D eigenvalue weighted by molar-refractivity contribution is 0.102. The minimum atomic E-state index is -3.68. The fraction of sp³-hybridized carbons (Fsp3) is 0.333. The SMILES string of the molecule is CC(C)N1CCc2c(sc(NC(=O)c3ccc(S(=O)(=O)N4CCc5ccccc5C4)cc3)c2C#N)C1. The zero-order chi connectivity index (χ0) is 25.4. The number of nitrogens with one attached hydrogen (secondary N) is 1. The second-order valence-electron chi connectivity index (χ2n) is 9.47. The van der Waals surface area contributed by atoms with Crippen molar-refractivity contribution < 1.29 is 13.2 Å². The van der Waals surface area contributed by atoms with Gasteiger partial charge in [-0.1, -0.05) is 24.3 Å². The van der Waals surface area contributed by atoms with Gasteiger partial charge in [-0.2, -0.15) is 9.57 Å². The van der Waals surface area contributed by atoms with E-state index in [2.05, 4.69) is 30.1 Å². The summed E-state index contributed by atoms with van der Waals surface area (Å²) in [5, 5.41) is 13.2. The van der Waals surface area contributed by atoms with Gasteiger partial charge in [-0.05, 0) is 67.6 Å². The van der Waals surface area contributed by atoms with Crippen molar-refractivity contribution in [2.75, 3.05) is 18.4 Å². The second kappa shape index (κ2) is 9.79. The minimum absolute atomic E-state index is 0.163. The minimum Gasteiger partial charge on any atom is -0.312 e. The summed E-state index contributed by atoms with van der Waals surface area (Å²) in [6, 6.07) is 16.6. The average molecular weight is 521 g/mol. The zero-order valence-electron chi connectivity index (χ0n) is 20.3. The number of nitrogens with zero attached hydrogens (tertiary/aromatic N) is 3. The Kier molecular flexibility index (Phi) is 6.70. The maximum Gasteiger partial charge on any atom is 0.256 e. The molecule has 0 atom stereocenters. The first-order chi connectivity index (χ1) is 17.3. The molecule has 2 aliphatic rings. The van der Waals surface area contributed by atoms with Gasteiger partial charge in [-0.25, -0.2) is 8.42 Å². The maximum atomic E-state index is 13.2. The average Bonchev–Trinajstić information content (AvgIpc) is 3.24. The van der Waals surface area contributed by atoms with Gasteiger partial charge < -0.3 is 5.32 Å². The van der Waals surface area contributed by atoms with Crippen LogP contribution in [0.25, 0.3) is 0 Å². The molecule has 7 nitrogen and oxygen atoms in total. The van der Waals surface area contributed by atoms with Gasteiger partial charge in [0.2, 0.25) is 10.0 Å². The third-order valence-electron chi connectivity index (χ3n) is 7.01. The molecule has 2 aliphatic heterocycles. The Balaban J connectivity index is 1.32. The van der Waals surface area contributed by atoms with Crippen molar-refractivity contribution in [2.45, 2.75) is 50.7 Å². The molecule has 1 amide bonds. The van der Waals surface area contributed by atoms with Gasteiger partial charge in [0.25, 0.3) is 5.91 Å². The fourth-order valence-corrected chi connectivity index (χ4v) is 7.49. The lowest BCUT2D eigenvalue weighted by atomic mass is 10.0. The number of hydrogen-bond donors (Lipinski definition) is 1. The van der Waals surface area contributed by atoms with Crippen molar-refractivity contribution in [2.24, 2.45) is 0 Å². The largest absolute Gasteiger partial charge is 0.312 e. The van der Waals surface area contributed by atoms with Crippen molar-refractivity contribution in [3.63, 3.8) is 0 Å². The molecule has 36 heavy (non-hydrogen) atoms. The van der Waals surface area contributed by atoms with Crippen LogP contribution in [0.2, 0.25) is 0 Å². The highest BCUT2D eigenvalue weighted by molar-refractivity contribution is 7.89. The van der Waals surface area contributed by atoms with E-state index in [9.17, 15) is 18.5 Å². The Hall–Kier alpha value is -3.03. The maximum absolute atomic E-state index is 13.2. The summed E-state index contributed by atoms with van der Waals surface area (Å²) in [6.07, 6.45) is 1.47. The van der Waals surface area contributed by atoms with Crippen LogP contribution >= 0.6 is 11.3 Å². The summed E-state index contributed by atoms with van der Waals surface area (Å²) in [6.45, 7) is 6.74. The molecule has 0 spiro atoms. The summed E-state index contributed by atoms with van der Waals surface area (Å²) in [4.78, 5) is 16.6. The van der Waals surface area contributed by atoms with Gasteiger partial charge in [0, 0.05) is 42.7 Å². The van der Waals surface area contributed by atoms with E-state index in [1.165, 1.54) is 45.5 Å². The molecule has 0 aliphatic carbocycles. The molecule has 2 aromatic carbocycles. The van der Waals surface area contributed by atoms with E-state index in [1.807, 2.05) is 24.3 Å². The van der Waals surface area contributed by atoms with Crippen molar-refractivity contribution in [3.8, 4) is 6.07 Å². The number of sulfonamides is 1. The van der Waals surface area contributed by atoms with Crippen molar-refractivity contribution in [3.05, 3.63) is 81.2 Å². The van der Waals surface area contributed by atoms with Crippen LogP contribution in [0.1, 0.15) is 51.3 Å². The van der Waals surface area contributed by atoms with Crippen molar-refractivity contribution in [1.29, 1.82) is 5.26 Å². The quantitative estimate of drug-likeness (QED) is 0.539. The van der Waals surface area contributed by atoms with E-state index in [0.717, 1.165) is 35.5 Å². The Morgan fingerprint density at radius 3 is 2.44 bits per heavy atom. The van der Waals surface area contributed by atoms with E-state index in [0.29, 0.717) is 41.7 Å². The molecule has 3 aromatic rings. The van der Waals surface area contributed by atoms with Gasteiger partial charge in [0.15, 0.2) is 0 Å². The normalized spacial score (nSPS) is 16.3. The highest BCUT2D eigenvalue weighted by Gasteiger charge is 2.29. The van der Waals surface area contributed by atoms with E-state index in [-0.39, 0.29) is 10.8 Å². The molecule has 5 rings (SSSR count). The number of nitriles is 1. The Bertz CT molecular complexity index is 1450. The molecule has 0 fully saturated rings. The van der Waals surface area contributed by atoms with Crippen molar-refractivity contribution in [1.82, 2.24) is 9.21 Å². The Morgan fingerprint density at radius 2 is 1.75 bits per heavy atom. The molecule has 9 heteroatoms. The summed E-state index contributed by atoms with van der Waals surface area (Å²) in [5.74, 6) is -0.360. The van der Waals surface area contributed by atoms with Crippen LogP contribution in [0, 0.1) is 11.3 Å². The second-order valence-corrected chi connectivity index (χ2v) is 12.5. The topological polar surface area (TPSA) is 93.5 Å². The standard InChI is InChI=1S/C27H28N4O3S2/c1-18(2)30-13-12-23-24(15-28)27(35-25(23)17-30)29-26(32)20-7-9-22(10-8-20)36(33,34)31-14-11-19-5-3-4-6-21(19)16-31/h3-10,18H,11-14,16-17H2,1-2H3,(H,29,32). The molecule has 0 saturated carbocycles. The molecule has 1 N–H and O–H groups in total. The lowest BCUT2D eigenvalue weighted by Crippen LogP contribution is -2.35. The highest BCUT2D eigenvalue weighted by Crippen LogP contribution is 2.37. The molecule has 0 bridgehead atoms. The van der Waals surface area contributed by atoms with E-state index < -0.39 is 10.0 Å². The van der Waals surface area contributed by atoms with E-state index >= 15 is 0 Å². The lowest BCUT2D eigenvalue weighted by Gasteiger charge is -2.30. The molecular weight excluding hydrogens is 492 g/mol. The van der Waals surface area contributed by atoms with Crippen LogP contribution in [0.3, 0.4) is 0 Å². The third-order valence-corrected chi connectivity index (χ3v) is 10.00. The van der Waals surface area contributed by atoms with Crippen LogP contribution in [0.4, 0.5) is 5.00 Å². The van der Waals surface area contributed by atoms with Crippen LogP contribution in [-0.4, -0.2) is 42.7 Å². The van der Waals surface area contributed by atoms with Gasteiger partial charge in [-0.3, -0.25) is 9.69 Å². The molecular formula is C27H28N4O3S2. The first kappa shape index (κ1) is 24.7. The molecule has 0 unspecified atom stereocenters. The van der Waals surface area contributed by atoms with E-state index in [4.69, 9.17) is 0 Å². The summed E-state index contributed by atoms with van der Waals surface area (Å²) in [7, 11) is -3.68. The number of amides is 1. The fourth-order valence-electron chi connectivity index (χ4n) is 4.85. The van der Waals surface area contributed by atoms with Crippen LogP contribution in [0.15, 0.2) is 53.4 Å². The van der Waals surface area contributed by atoms with Crippen LogP contribution in [0.5, 0.6) is 0 Å². The molecule has 0 radical (unpaired) electrons. The highest BCUT2D eigenvalue weighted by atomic mass is 32.2. The summed E-state index contributed by atoms with van der Waals surface area (Å²) in [5.41, 5.74) is 4.11. The summed E-state index contributed by atoms with van der Waals surface area (Å²) < 4.78 is 27.9. The van der Waals surface area contributed by atoms with Gasteiger partial charge in [-0.15, -0.1) is 11.3 Å². The number of carbonyl (C=O) groups excluding carboxylic acids is 1. The van der Waals surface area contributed by atoms with Crippen LogP contribution < -0.4 is 5.32 Å². The Morgan fingerprint density at radius 1 is 1.03 bits per heavy atom. The summed E-state index contributed by atoms with van der Waals surface area (Å²) >= 11 is 1.45. The number of thiophene rings is 1. The molecule has 0 saturated heterocycles. The van der Waals surface area contributed by atoms with Crippen LogP contribution in [-0.2, 0) is 36.0 Å². The number of anilines is 1. The number of rotatable bonds is 5. The van der Waals surface area contributed by atoms with E-state index in [1.54, 1.807) is 0 Å². The van der Waals surface area contributed by atoms with Gasteiger partial charge in [0.05, 0.1) is 10.5 Å². The smallest absolute Gasteiger partial charge is 0.256 e. The zero-order valence-corrected chi connectivity index (χ0v) is 22.0. The van der Waals surface area contributed by atoms with Crippen molar-refractivity contribution >= 4 is 32.3 Å². The molecule has 3 heterocycles. The van der Waals surface area contributed by atoms with Gasteiger partial charge >= 0.3 is 0 Å². The first-order valence-corrected chi connectivity index (χ1v) is 14.3. The molecule has 1 aromatic heterocycles. The predicted molar refractivity (Wildman–Crippen MR) is 140 cm³/mol. The predicted octanol–water partition coefficient (Wildman–Crippen LogP) is 4.39. The first-order valence-electron chi connectivity index (χ1n) is 12.0. The monoisotopic (exact) mass is 520 g/mol. The number of carbonyl (C=O) groups is 1. The number of fused-ring (bicyclic) bond motifs is 2. The Labute approximate surface area is 216 Å².